The number of hydrogen-bond donors (Lipinski definition) is 1. The standard InChI is InChI=1S/C17H12BrClN2O4/c1-2-24-17(23)14-15(22)11-6-7-12(20-13(11)16(18)21-14)25-10-5-3-4-9(19)8-10/h3-8,22H,2H2,1H3. The van der Waals surface area contributed by atoms with Crippen molar-refractivity contribution in [2.24, 2.45) is 0 Å². The van der Waals surface area contributed by atoms with Crippen LogP contribution >= 0.6 is 27.5 Å². The van der Waals surface area contributed by atoms with Crippen LogP contribution in [-0.2, 0) is 4.74 Å². The van der Waals surface area contributed by atoms with Gasteiger partial charge in [-0.15, -0.1) is 0 Å². The van der Waals surface area contributed by atoms with E-state index in [4.69, 9.17) is 21.1 Å². The molecule has 0 aliphatic carbocycles. The summed E-state index contributed by atoms with van der Waals surface area (Å²) in [5, 5.41) is 11.2. The van der Waals surface area contributed by atoms with E-state index in [0.717, 1.165) is 0 Å². The van der Waals surface area contributed by atoms with Crippen molar-refractivity contribution in [2.75, 3.05) is 6.61 Å². The first-order valence-corrected chi connectivity index (χ1v) is 8.46. The quantitative estimate of drug-likeness (QED) is 0.483. The van der Waals surface area contributed by atoms with E-state index in [0.29, 0.717) is 32.2 Å². The zero-order chi connectivity index (χ0) is 18.0. The van der Waals surface area contributed by atoms with Gasteiger partial charge in [0.25, 0.3) is 0 Å². The number of esters is 1. The summed E-state index contributed by atoms with van der Waals surface area (Å²) in [6.45, 7) is 1.85. The first-order valence-electron chi connectivity index (χ1n) is 7.29. The molecule has 0 bridgehead atoms. The Balaban J connectivity index is 2.02. The molecule has 3 aromatic rings. The van der Waals surface area contributed by atoms with Crippen LogP contribution in [0.2, 0.25) is 5.02 Å². The highest BCUT2D eigenvalue weighted by molar-refractivity contribution is 9.10. The Morgan fingerprint density at radius 3 is 2.80 bits per heavy atom. The molecule has 8 heteroatoms. The number of pyridine rings is 2. The minimum atomic E-state index is -0.707. The summed E-state index contributed by atoms with van der Waals surface area (Å²) >= 11 is 9.19. The fraction of sp³-hybridized carbons (Fsp3) is 0.118. The van der Waals surface area contributed by atoms with Crippen molar-refractivity contribution < 1.29 is 19.4 Å². The van der Waals surface area contributed by atoms with Gasteiger partial charge >= 0.3 is 5.97 Å². The maximum atomic E-state index is 11.9. The second-order valence-electron chi connectivity index (χ2n) is 4.93. The molecule has 0 spiro atoms. The molecular formula is C17H12BrClN2O4. The molecule has 0 fully saturated rings. The van der Waals surface area contributed by atoms with Crippen LogP contribution in [-0.4, -0.2) is 27.7 Å². The number of aromatic nitrogens is 2. The molecule has 2 aromatic heterocycles. The fourth-order valence-electron chi connectivity index (χ4n) is 2.17. The van der Waals surface area contributed by atoms with Crippen molar-refractivity contribution >= 4 is 44.4 Å². The summed E-state index contributed by atoms with van der Waals surface area (Å²) < 4.78 is 10.8. The second kappa shape index (κ2) is 7.25. The molecule has 25 heavy (non-hydrogen) atoms. The lowest BCUT2D eigenvalue weighted by Gasteiger charge is -2.10. The Morgan fingerprint density at radius 2 is 2.08 bits per heavy atom. The van der Waals surface area contributed by atoms with E-state index in [1.54, 1.807) is 43.3 Å². The predicted octanol–water partition coefficient (Wildman–Crippen LogP) is 4.72. The van der Waals surface area contributed by atoms with Gasteiger partial charge in [-0.2, -0.15) is 0 Å². The van der Waals surface area contributed by atoms with Gasteiger partial charge in [-0.05, 0) is 47.1 Å². The molecule has 0 atom stereocenters. The third-order valence-corrected chi connectivity index (χ3v) is 4.03. The Kier molecular flexibility index (Phi) is 5.06. The summed E-state index contributed by atoms with van der Waals surface area (Å²) in [5.74, 6) is -0.184. The summed E-state index contributed by atoms with van der Waals surface area (Å²) in [7, 11) is 0. The minimum absolute atomic E-state index is 0.175. The molecule has 1 aromatic carbocycles. The largest absolute Gasteiger partial charge is 0.505 e. The highest BCUT2D eigenvalue weighted by Gasteiger charge is 2.20. The van der Waals surface area contributed by atoms with Crippen LogP contribution in [0.5, 0.6) is 17.4 Å². The van der Waals surface area contributed by atoms with Crippen molar-refractivity contribution in [3.63, 3.8) is 0 Å². The lowest BCUT2D eigenvalue weighted by atomic mass is 10.2. The Labute approximate surface area is 156 Å². The first-order chi connectivity index (χ1) is 12.0. The first kappa shape index (κ1) is 17.4. The van der Waals surface area contributed by atoms with Crippen molar-refractivity contribution in [2.45, 2.75) is 6.92 Å². The van der Waals surface area contributed by atoms with Gasteiger partial charge in [-0.25, -0.2) is 14.8 Å². The lowest BCUT2D eigenvalue weighted by Crippen LogP contribution is -2.08. The van der Waals surface area contributed by atoms with Crippen molar-refractivity contribution in [3.05, 3.63) is 51.7 Å². The Morgan fingerprint density at radius 1 is 1.28 bits per heavy atom. The number of benzene rings is 1. The number of ether oxygens (including phenoxy) is 2. The molecule has 0 aliphatic heterocycles. The van der Waals surface area contributed by atoms with Crippen LogP contribution in [0.25, 0.3) is 10.9 Å². The number of carbonyl (C=O) groups is 1. The maximum absolute atomic E-state index is 11.9. The van der Waals surface area contributed by atoms with Gasteiger partial charge in [0.05, 0.1) is 6.61 Å². The maximum Gasteiger partial charge on any atom is 0.360 e. The molecule has 2 heterocycles. The number of carbonyl (C=O) groups excluding carboxylic acids is 1. The summed E-state index contributed by atoms with van der Waals surface area (Å²) in [6.07, 6.45) is 0. The topological polar surface area (TPSA) is 81.5 Å². The van der Waals surface area contributed by atoms with Gasteiger partial charge < -0.3 is 14.6 Å². The van der Waals surface area contributed by atoms with Crippen molar-refractivity contribution in [1.82, 2.24) is 9.97 Å². The molecule has 0 saturated carbocycles. The number of fused-ring (bicyclic) bond motifs is 1. The molecule has 0 amide bonds. The molecule has 128 valence electrons. The number of rotatable bonds is 4. The normalized spacial score (nSPS) is 10.7. The highest BCUT2D eigenvalue weighted by atomic mass is 79.9. The van der Waals surface area contributed by atoms with E-state index in [9.17, 15) is 9.90 Å². The summed E-state index contributed by atoms with van der Waals surface area (Å²) in [5.41, 5.74) is 0.177. The van der Waals surface area contributed by atoms with E-state index < -0.39 is 5.97 Å². The summed E-state index contributed by atoms with van der Waals surface area (Å²) in [6, 6.07) is 10.1. The highest BCUT2D eigenvalue weighted by Crippen LogP contribution is 2.33. The molecule has 6 nitrogen and oxygen atoms in total. The zero-order valence-electron chi connectivity index (χ0n) is 13.0. The Bertz CT molecular complexity index is 965. The molecule has 0 unspecified atom stereocenters. The number of halogens is 2. The van der Waals surface area contributed by atoms with Crippen molar-refractivity contribution in [3.8, 4) is 17.4 Å². The zero-order valence-corrected chi connectivity index (χ0v) is 15.3. The molecule has 3 rings (SSSR count). The van der Waals surface area contributed by atoms with E-state index >= 15 is 0 Å². The van der Waals surface area contributed by atoms with Gasteiger partial charge in [0.15, 0.2) is 11.4 Å². The predicted molar refractivity (Wildman–Crippen MR) is 96.4 cm³/mol. The number of hydrogen-bond acceptors (Lipinski definition) is 6. The molecule has 0 radical (unpaired) electrons. The van der Waals surface area contributed by atoms with Crippen LogP contribution < -0.4 is 4.74 Å². The van der Waals surface area contributed by atoms with Gasteiger partial charge in [-0.3, -0.25) is 0 Å². The number of aromatic hydroxyl groups is 1. The van der Waals surface area contributed by atoms with Gasteiger partial charge in [0.1, 0.15) is 15.9 Å². The fourth-order valence-corrected chi connectivity index (χ4v) is 2.83. The smallest absolute Gasteiger partial charge is 0.360 e. The van der Waals surface area contributed by atoms with E-state index in [1.807, 2.05) is 0 Å². The lowest BCUT2D eigenvalue weighted by molar-refractivity contribution is 0.0516. The van der Waals surface area contributed by atoms with E-state index in [1.165, 1.54) is 0 Å². The third kappa shape index (κ3) is 3.67. The van der Waals surface area contributed by atoms with E-state index in [2.05, 4.69) is 25.9 Å². The van der Waals surface area contributed by atoms with Crippen LogP contribution in [0.3, 0.4) is 0 Å². The average molecular weight is 424 g/mol. The molecule has 0 saturated heterocycles. The molecule has 1 N–H and O–H groups in total. The van der Waals surface area contributed by atoms with Gasteiger partial charge in [-0.1, -0.05) is 17.7 Å². The monoisotopic (exact) mass is 422 g/mol. The van der Waals surface area contributed by atoms with E-state index in [-0.39, 0.29) is 18.1 Å². The van der Waals surface area contributed by atoms with Crippen LogP contribution in [0.1, 0.15) is 17.4 Å². The molecule has 0 aliphatic rings. The summed E-state index contributed by atoms with van der Waals surface area (Å²) in [4.78, 5) is 20.2. The SMILES string of the molecule is CCOC(=O)c1nc(Br)c2nc(Oc3cccc(Cl)c3)ccc2c1O. The van der Waals surface area contributed by atoms with Crippen LogP contribution in [0.15, 0.2) is 41.0 Å². The van der Waals surface area contributed by atoms with Crippen LogP contribution in [0.4, 0.5) is 0 Å². The van der Waals surface area contributed by atoms with Gasteiger partial charge in [0, 0.05) is 16.5 Å². The average Bonchev–Trinajstić information content (AvgIpc) is 2.58. The second-order valence-corrected chi connectivity index (χ2v) is 6.11. The Hall–Kier alpha value is -2.38. The van der Waals surface area contributed by atoms with Gasteiger partial charge in [0.2, 0.25) is 5.88 Å². The number of nitrogens with zero attached hydrogens (tertiary/aromatic N) is 2. The van der Waals surface area contributed by atoms with Crippen LogP contribution in [0, 0.1) is 0 Å². The third-order valence-electron chi connectivity index (χ3n) is 3.24. The van der Waals surface area contributed by atoms with Crippen molar-refractivity contribution in [1.29, 1.82) is 0 Å². The minimum Gasteiger partial charge on any atom is -0.505 e. The molecular weight excluding hydrogens is 412 g/mol.